The minimum absolute atomic E-state index is 0.184. The van der Waals surface area contributed by atoms with Gasteiger partial charge in [0.1, 0.15) is 12.4 Å². The van der Waals surface area contributed by atoms with Gasteiger partial charge in [-0.05, 0) is 49.4 Å². The van der Waals surface area contributed by atoms with Crippen LogP contribution in [-0.4, -0.2) is 61.5 Å². The lowest BCUT2D eigenvalue weighted by molar-refractivity contribution is -0.135. The number of rotatable bonds is 8. The Morgan fingerprint density at radius 3 is 2.53 bits per heavy atom. The fraction of sp³-hybridized carbons (Fsp3) is 0.375. The van der Waals surface area contributed by atoms with Crippen molar-refractivity contribution in [1.82, 2.24) is 25.1 Å². The molecule has 3 aromatic rings. The van der Waals surface area contributed by atoms with E-state index < -0.39 is 18.4 Å². The van der Waals surface area contributed by atoms with Crippen LogP contribution in [-0.2, 0) is 17.8 Å². The molecule has 0 radical (unpaired) electrons. The van der Waals surface area contributed by atoms with Crippen molar-refractivity contribution in [2.75, 3.05) is 24.5 Å². The summed E-state index contributed by atoms with van der Waals surface area (Å²) in [7, 11) is 0. The number of benzene rings is 1. The van der Waals surface area contributed by atoms with Gasteiger partial charge in [0.15, 0.2) is 11.4 Å². The molecular formula is C24H28N6O4. The number of piperidine rings is 1. The Balaban J connectivity index is 1.34. The topological polar surface area (TPSA) is 133 Å². The molecule has 3 N–H and O–H groups in total. The third-order valence-electron chi connectivity index (χ3n) is 6.01. The highest BCUT2D eigenvalue weighted by atomic mass is 16.4. The molecule has 1 aliphatic heterocycles. The highest BCUT2D eigenvalue weighted by molar-refractivity contribution is 5.96. The Hall–Kier alpha value is -3.95. The summed E-state index contributed by atoms with van der Waals surface area (Å²) in [6, 6.07) is 10.5. The van der Waals surface area contributed by atoms with Crippen LogP contribution in [0.5, 0.6) is 5.75 Å². The maximum absolute atomic E-state index is 12.2. The smallest absolute Gasteiger partial charge is 0.322 e. The highest BCUT2D eigenvalue weighted by Crippen LogP contribution is 2.27. The van der Waals surface area contributed by atoms with Crippen LogP contribution >= 0.6 is 0 Å². The highest BCUT2D eigenvalue weighted by Gasteiger charge is 2.23. The van der Waals surface area contributed by atoms with E-state index in [4.69, 9.17) is 5.11 Å². The van der Waals surface area contributed by atoms with E-state index in [1.54, 1.807) is 13.1 Å². The van der Waals surface area contributed by atoms with Crippen molar-refractivity contribution in [3.8, 4) is 5.75 Å². The van der Waals surface area contributed by atoms with Crippen LogP contribution in [0.3, 0.4) is 0 Å². The molecule has 1 aliphatic rings. The van der Waals surface area contributed by atoms with Crippen LogP contribution in [0.15, 0.2) is 42.7 Å². The van der Waals surface area contributed by atoms with Crippen LogP contribution in [0, 0.1) is 12.8 Å². The van der Waals surface area contributed by atoms with E-state index >= 15 is 0 Å². The number of nitrogens with one attached hydrogen (secondary N) is 1. The number of aromatic hydroxyl groups is 1. The van der Waals surface area contributed by atoms with Crippen molar-refractivity contribution >= 4 is 17.6 Å². The quantitative estimate of drug-likeness (QED) is 0.461. The molecule has 0 saturated carbocycles. The predicted molar refractivity (Wildman–Crippen MR) is 125 cm³/mol. The largest absolute Gasteiger partial charge is 0.504 e. The van der Waals surface area contributed by atoms with Crippen molar-refractivity contribution in [3.63, 3.8) is 0 Å². The van der Waals surface area contributed by atoms with Gasteiger partial charge in [-0.1, -0.05) is 12.1 Å². The summed E-state index contributed by atoms with van der Waals surface area (Å²) in [6.07, 6.45) is 6.23. The number of aromatic nitrogens is 4. The van der Waals surface area contributed by atoms with E-state index in [1.165, 1.54) is 11.3 Å². The van der Waals surface area contributed by atoms with Crippen LogP contribution in [0.2, 0.25) is 0 Å². The zero-order valence-corrected chi connectivity index (χ0v) is 19.0. The van der Waals surface area contributed by atoms with Gasteiger partial charge in [-0.2, -0.15) is 5.10 Å². The Bertz CT molecular complexity index is 1140. The second-order valence-electron chi connectivity index (χ2n) is 8.50. The molecule has 3 heterocycles. The summed E-state index contributed by atoms with van der Waals surface area (Å²) in [5.74, 6) is -1.38. The standard InChI is InChI=1S/C24H28N6O4/c1-16-23(33)22(24(34)25-14-21(31)32)28-20(27-16)13-17-7-11-29(12-8-17)19-5-3-18(4-6-19)15-30-10-2-9-26-30/h2-6,9-10,17,33H,7-8,11-15H2,1H3,(H,25,34)(H,31,32). The van der Waals surface area contributed by atoms with E-state index in [2.05, 4.69) is 49.5 Å². The number of hydrogen-bond acceptors (Lipinski definition) is 7. The SMILES string of the molecule is Cc1nc(CC2CCN(c3ccc(Cn4cccn4)cc3)CC2)nc(C(=O)NCC(=O)O)c1O. The normalized spacial score (nSPS) is 14.2. The number of nitrogens with zero attached hydrogens (tertiary/aromatic N) is 5. The van der Waals surface area contributed by atoms with Gasteiger partial charge in [0, 0.05) is 37.6 Å². The molecule has 1 aromatic carbocycles. The van der Waals surface area contributed by atoms with Crippen LogP contribution in [0.25, 0.3) is 0 Å². The molecule has 0 spiro atoms. The number of hydrogen-bond donors (Lipinski definition) is 3. The lowest BCUT2D eigenvalue weighted by Gasteiger charge is -2.33. The van der Waals surface area contributed by atoms with Gasteiger partial charge in [-0.15, -0.1) is 0 Å². The van der Waals surface area contributed by atoms with Gasteiger partial charge in [0.05, 0.1) is 12.2 Å². The predicted octanol–water partition coefficient (Wildman–Crippen LogP) is 2.01. The van der Waals surface area contributed by atoms with Gasteiger partial charge in [-0.25, -0.2) is 9.97 Å². The molecule has 0 bridgehead atoms. The fourth-order valence-electron chi connectivity index (χ4n) is 4.16. The summed E-state index contributed by atoms with van der Waals surface area (Å²) in [6.45, 7) is 3.63. The van der Waals surface area contributed by atoms with E-state index in [9.17, 15) is 14.7 Å². The molecule has 34 heavy (non-hydrogen) atoms. The zero-order chi connectivity index (χ0) is 24.1. The lowest BCUT2D eigenvalue weighted by atomic mass is 9.92. The van der Waals surface area contributed by atoms with Gasteiger partial charge < -0.3 is 20.4 Å². The zero-order valence-electron chi connectivity index (χ0n) is 19.0. The Kier molecular flexibility index (Phi) is 7.05. The molecule has 1 fully saturated rings. The molecule has 0 aliphatic carbocycles. The molecule has 10 heteroatoms. The summed E-state index contributed by atoms with van der Waals surface area (Å²) in [5, 5.41) is 25.4. The molecule has 0 unspecified atom stereocenters. The first kappa shape index (κ1) is 23.2. The molecule has 4 rings (SSSR count). The molecule has 178 valence electrons. The molecule has 10 nitrogen and oxygen atoms in total. The third kappa shape index (κ3) is 5.69. The first-order valence-corrected chi connectivity index (χ1v) is 11.3. The van der Waals surface area contributed by atoms with Gasteiger partial charge in [0.2, 0.25) is 0 Å². The van der Waals surface area contributed by atoms with Crippen molar-refractivity contribution in [3.05, 3.63) is 65.5 Å². The maximum atomic E-state index is 12.2. The maximum Gasteiger partial charge on any atom is 0.322 e. The molecule has 1 amide bonds. The van der Waals surface area contributed by atoms with Crippen LogP contribution in [0.4, 0.5) is 5.69 Å². The molecule has 1 saturated heterocycles. The number of aryl methyl sites for hydroxylation is 1. The van der Waals surface area contributed by atoms with Crippen molar-refractivity contribution in [2.45, 2.75) is 32.7 Å². The van der Waals surface area contributed by atoms with E-state index in [1.807, 2.05) is 16.9 Å². The Morgan fingerprint density at radius 2 is 1.88 bits per heavy atom. The summed E-state index contributed by atoms with van der Waals surface area (Å²) in [5.41, 5.74) is 2.51. The van der Waals surface area contributed by atoms with Gasteiger partial charge in [-0.3, -0.25) is 14.3 Å². The summed E-state index contributed by atoms with van der Waals surface area (Å²) >= 11 is 0. The van der Waals surface area contributed by atoms with Gasteiger partial charge >= 0.3 is 5.97 Å². The average molecular weight is 465 g/mol. The number of carbonyl (C=O) groups excluding carboxylic acids is 1. The molecule has 0 atom stereocenters. The van der Waals surface area contributed by atoms with Gasteiger partial charge in [0.25, 0.3) is 5.91 Å². The average Bonchev–Trinajstić information content (AvgIpc) is 3.34. The number of amides is 1. The van der Waals surface area contributed by atoms with Crippen molar-refractivity contribution in [1.29, 1.82) is 0 Å². The number of anilines is 1. The number of carboxylic acid groups (broad SMARTS) is 1. The minimum atomic E-state index is -1.17. The minimum Gasteiger partial charge on any atom is -0.504 e. The lowest BCUT2D eigenvalue weighted by Crippen LogP contribution is -2.34. The second kappa shape index (κ2) is 10.3. The second-order valence-corrected chi connectivity index (χ2v) is 8.50. The third-order valence-corrected chi connectivity index (χ3v) is 6.01. The number of carbonyl (C=O) groups is 2. The van der Waals surface area contributed by atoms with Crippen molar-refractivity contribution in [2.24, 2.45) is 5.92 Å². The first-order valence-electron chi connectivity index (χ1n) is 11.3. The van der Waals surface area contributed by atoms with E-state index in [0.717, 1.165) is 32.5 Å². The van der Waals surface area contributed by atoms with E-state index in [-0.39, 0.29) is 11.4 Å². The number of carboxylic acids is 1. The van der Waals surface area contributed by atoms with E-state index in [0.29, 0.717) is 23.9 Å². The van der Waals surface area contributed by atoms with Crippen LogP contribution < -0.4 is 10.2 Å². The first-order chi connectivity index (χ1) is 16.4. The molecular weight excluding hydrogens is 436 g/mol. The number of aliphatic carboxylic acids is 1. The monoisotopic (exact) mass is 464 g/mol. The summed E-state index contributed by atoms with van der Waals surface area (Å²) < 4.78 is 1.90. The fourth-order valence-corrected chi connectivity index (χ4v) is 4.16. The summed E-state index contributed by atoms with van der Waals surface area (Å²) in [4.78, 5) is 33.9. The van der Waals surface area contributed by atoms with Crippen LogP contribution in [0.1, 0.15) is 40.4 Å². The van der Waals surface area contributed by atoms with Crippen molar-refractivity contribution < 1.29 is 19.8 Å². The Labute approximate surface area is 197 Å². The molecule has 2 aromatic heterocycles. The Morgan fingerprint density at radius 1 is 1.15 bits per heavy atom.